The monoisotopic (exact) mass is 1020 g/mol. The van der Waals surface area contributed by atoms with Gasteiger partial charge >= 0.3 is 11.8 Å². The number of aromatic hydroxyl groups is 3. The van der Waals surface area contributed by atoms with Crippen molar-refractivity contribution in [3.8, 4) is 23.0 Å². The number of hydrogen-bond donors (Lipinski definition) is 10. The van der Waals surface area contributed by atoms with Gasteiger partial charge in [-0.25, -0.2) is 20.0 Å². The van der Waals surface area contributed by atoms with Crippen molar-refractivity contribution in [3.63, 3.8) is 0 Å². The number of aliphatic hydroxyl groups excluding tert-OH is 5. The number of fused-ring (bicyclic) bond motifs is 15. The smallest absolute Gasteiger partial charge is 0.312 e. The highest BCUT2D eigenvalue weighted by atomic mass is 16.7. The standard InChI is InChI=1S/C49H62N8O16/c1-19-12-11-13-20(2)46(68)54-32-26(16-53-56(9)48-55-33-44(50)51-18-52-45(33)57(48)47-40(66)38(64)28(17-58)72-47)37(63)29-30(39(32)65)36(62)24(6)42-31(29)43(67)49(8,73-42)70-15-14-27(69-10)21(3)41(71-25(7)59)23(5)35(61)22(4)34(19)60/h11-16,18-19,21-23,27-28,34-35,38,40-41,47,58,60-66H,17H2,1-10H3,(H,54,68)(H2,50,51,52)/b12-11+,15-14+,20-13-,53-16?/t19-,21+,22+,23+,27-,28+,34-,35+,38+,40+,41+,47+,49-/m0/s1. The van der Waals surface area contributed by atoms with Gasteiger partial charge in [0.2, 0.25) is 5.95 Å². The minimum absolute atomic E-state index is 0.0278. The number of ketones is 1. The lowest BCUT2D eigenvalue weighted by Gasteiger charge is -2.38. The number of nitrogens with two attached hydrogens (primary N) is 1. The Kier molecular flexibility index (Phi) is 15.4. The number of imidazole rings is 1. The molecule has 1 saturated heterocycles. The number of nitrogens with zero attached hydrogens (tertiary/aromatic N) is 6. The van der Waals surface area contributed by atoms with Gasteiger partial charge in [0.25, 0.3) is 11.7 Å². The number of hydrogen-bond acceptors (Lipinski definition) is 22. The number of phenolic OH excluding ortho intramolecular Hbond substituents is 3. The number of nitrogens with one attached hydrogen (secondary N) is 1. The van der Waals surface area contributed by atoms with E-state index < -0.39 is 142 Å². The number of carbonyl (C=O) groups is 3. The number of anilines is 3. The number of ether oxygens (including phenoxy) is 5. The van der Waals surface area contributed by atoms with Gasteiger partial charge < -0.3 is 75.6 Å². The third-order valence-electron chi connectivity index (χ3n) is 13.9. The number of methoxy groups -OCH3 is 1. The summed E-state index contributed by atoms with van der Waals surface area (Å²) in [7, 11) is 2.78. The molecule has 8 rings (SSSR count). The van der Waals surface area contributed by atoms with Gasteiger partial charge in [0.1, 0.15) is 48.0 Å². The van der Waals surface area contributed by atoms with Crippen molar-refractivity contribution in [2.24, 2.45) is 28.8 Å². The quantitative estimate of drug-likeness (QED) is 0.0418. The summed E-state index contributed by atoms with van der Waals surface area (Å²) in [5.41, 5.74) is 4.99. The van der Waals surface area contributed by atoms with Crippen LogP contribution in [0.4, 0.5) is 17.5 Å². The maximum absolute atomic E-state index is 14.7. The molecule has 0 unspecified atom stereocenters. The van der Waals surface area contributed by atoms with Crippen LogP contribution in [0, 0.1) is 30.6 Å². The summed E-state index contributed by atoms with van der Waals surface area (Å²) in [6, 6.07) is 0. The number of hydrazone groups is 1. The molecule has 1 amide bonds. The lowest BCUT2D eigenvalue weighted by Crippen LogP contribution is -2.46. The van der Waals surface area contributed by atoms with Crippen LogP contribution in [0.2, 0.25) is 0 Å². The van der Waals surface area contributed by atoms with E-state index in [-0.39, 0.29) is 45.4 Å². The summed E-state index contributed by atoms with van der Waals surface area (Å²) in [5, 5.41) is 98.4. The Morgan fingerprint density at radius 1 is 0.973 bits per heavy atom. The molecule has 2 aromatic carbocycles. The fraction of sp³-hybridized carbons (Fsp3) is 0.490. The Bertz CT molecular complexity index is 2940. The highest BCUT2D eigenvalue weighted by Gasteiger charge is 2.50. The molecule has 24 nitrogen and oxygen atoms in total. The third kappa shape index (κ3) is 9.62. The highest BCUT2D eigenvalue weighted by molar-refractivity contribution is 6.24. The van der Waals surface area contributed by atoms with Crippen molar-refractivity contribution in [1.29, 1.82) is 0 Å². The summed E-state index contributed by atoms with van der Waals surface area (Å²) in [5.74, 6) is -9.96. The fourth-order valence-corrected chi connectivity index (χ4v) is 9.54. The Hall–Kier alpha value is -6.93. The van der Waals surface area contributed by atoms with E-state index in [1.807, 2.05) is 0 Å². The van der Waals surface area contributed by atoms with Crippen LogP contribution < -0.4 is 20.8 Å². The molecule has 11 N–H and O–H groups in total. The largest absolute Gasteiger partial charge is 0.507 e. The molecule has 1 fully saturated rings. The summed E-state index contributed by atoms with van der Waals surface area (Å²) < 4.78 is 30.8. The van der Waals surface area contributed by atoms with Crippen LogP contribution in [-0.4, -0.2) is 154 Å². The molecule has 4 aromatic rings. The lowest BCUT2D eigenvalue weighted by molar-refractivity contribution is -0.160. The van der Waals surface area contributed by atoms with Crippen LogP contribution in [0.25, 0.3) is 21.9 Å². The van der Waals surface area contributed by atoms with Gasteiger partial charge in [-0.15, -0.1) is 0 Å². The highest BCUT2D eigenvalue weighted by Crippen LogP contribution is 2.55. The first-order valence-corrected chi connectivity index (χ1v) is 23.4. The molecule has 0 saturated carbocycles. The topological polar surface area (TPSA) is 356 Å². The Morgan fingerprint density at radius 2 is 1.67 bits per heavy atom. The van der Waals surface area contributed by atoms with Gasteiger partial charge in [-0.1, -0.05) is 45.9 Å². The first-order valence-electron chi connectivity index (χ1n) is 23.4. The molecule has 13 atom stereocenters. The molecule has 4 aliphatic rings. The number of amides is 1. The van der Waals surface area contributed by atoms with Crippen LogP contribution in [-0.2, 0) is 28.5 Å². The predicted octanol–water partition coefficient (Wildman–Crippen LogP) is 2.56. The summed E-state index contributed by atoms with van der Waals surface area (Å²) in [6.07, 6.45) is -0.703. The van der Waals surface area contributed by atoms with Crippen LogP contribution in [0.3, 0.4) is 0 Å². The van der Waals surface area contributed by atoms with Crippen LogP contribution in [0.5, 0.6) is 23.0 Å². The van der Waals surface area contributed by atoms with Crippen molar-refractivity contribution in [1.82, 2.24) is 19.5 Å². The zero-order valence-corrected chi connectivity index (χ0v) is 41.8. The summed E-state index contributed by atoms with van der Waals surface area (Å²) in [4.78, 5) is 54.0. The fourth-order valence-electron chi connectivity index (χ4n) is 9.54. The molecule has 6 heterocycles. The molecule has 0 spiro atoms. The van der Waals surface area contributed by atoms with E-state index in [2.05, 4.69) is 25.4 Å². The average Bonchev–Trinajstić information content (AvgIpc) is 3.98. The number of Topliss-reactive ketones (excluding diaryl/α,β-unsaturated/α-hetero) is 1. The second-order valence-electron chi connectivity index (χ2n) is 18.8. The molecule has 4 aliphatic heterocycles. The van der Waals surface area contributed by atoms with Crippen molar-refractivity contribution in [2.75, 3.05) is 36.8 Å². The lowest BCUT2D eigenvalue weighted by atomic mass is 9.78. The third-order valence-corrected chi connectivity index (χ3v) is 13.9. The number of aliphatic hydroxyl groups is 5. The van der Waals surface area contributed by atoms with E-state index in [4.69, 9.17) is 29.4 Å². The number of allylic oxidation sites excluding steroid dienone is 2. The number of rotatable bonds is 7. The molecule has 24 heteroatoms. The van der Waals surface area contributed by atoms with Crippen LogP contribution in [0.1, 0.15) is 76.2 Å². The van der Waals surface area contributed by atoms with Crippen molar-refractivity contribution >= 4 is 63.3 Å². The average molecular weight is 1020 g/mol. The first kappa shape index (κ1) is 53.9. The van der Waals surface area contributed by atoms with E-state index in [1.54, 1.807) is 33.8 Å². The van der Waals surface area contributed by atoms with Crippen LogP contribution in [0.15, 0.2) is 47.6 Å². The number of phenols is 3. The van der Waals surface area contributed by atoms with Gasteiger partial charge in [-0.2, -0.15) is 5.10 Å². The molecule has 5 bridgehead atoms. The van der Waals surface area contributed by atoms with E-state index in [0.717, 1.165) is 23.8 Å². The van der Waals surface area contributed by atoms with Crippen LogP contribution >= 0.6 is 0 Å². The van der Waals surface area contributed by atoms with Crippen molar-refractivity contribution in [2.45, 2.75) is 110 Å². The zero-order chi connectivity index (χ0) is 53.7. The summed E-state index contributed by atoms with van der Waals surface area (Å²) in [6.45, 7) is 11.5. The minimum Gasteiger partial charge on any atom is -0.507 e. The minimum atomic E-state index is -2.18. The van der Waals surface area contributed by atoms with Gasteiger partial charge in [0.15, 0.2) is 29.0 Å². The number of nitrogen functional groups attached to an aromatic ring is 1. The number of benzene rings is 2. The predicted molar refractivity (Wildman–Crippen MR) is 263 cm³/mol. The molecule has 2 aromatic heterocycles. The molecular formula is C49H62N8O16. The Labute approximate surface area is 418 Å². The Balaban J connectivity index is 1.41. The molecule has 0 radical (unpaired) electrons. The first-order chi connectivity index (χ1) is 34.4. The van der Waals surface area contributed by atoms with E-state index in [0.29, 0.717) is 0 Å². The van der Waals surface area contributed by atoms with Gasteiger partial charge in [0.05, 0.1) is 59.6 Å². The van der Waals surface area contributed by atoms with E-state index >= 15 is 0 Å². The van der Waals surface area contributed by atoms with Gasteiger partial charge in [-0.3, -0.25) is 19.0 Å². The summed E-state index contributed by atoms with van der Waals surface area (Å²) >= 11 is 0. The second-order valence-corrected chi connectivity index (χ2v) is 18.8. The van der Waals surface area contributed by atoms with E-state index in [9.17, 15) is 55.2 Å². The maximum atomic E-state index is 14.7. The molecule has 0 aliphatic carbocycles. The molecular weight excluding hydrogens is 957 g/mol. The number of aromatic nitrogens is 4. The van der Waals surface area contributed by atoms with Crippen molar-refractivity contribution in [3.05, 3.63) is 59.2 Å². The van der Waals surface area contributed by atoms with Crippen molar-refractivity contribution < 1.29 is 78.9 Å². The maximum Gasteiger partial charge on any atom is 0.312 e. The van der Waals surface area contributed by atoms with Gasteiger partial charge in [-0.05, 0) is 19.9 Å². The van der Waals surface area contributed by atoms with E-state index in [1.165, 1.54) is 64.6 Å². The van der Waals surface area contributed by atoms with Gasteiger partial charge in [0, 0.05) is 68.2 Å². The molecule has 394 valence electrons. The number of carbonyl (C=O) groups excluding carboxylic acids is 3. The number of esters is 1. The zero-order valence-electron chi connectivity index (χ0n) is 41.8. The second kappa shape index (κ2) is 20.9. The Morgan fingerprint density at radius 3 is 2.32 bits per heavy atom. The SMILES string of the molecule is CO[C@H]1/C=C/O[C@@]2(C)Oc3c(C)c(O)c4c(O)c(c(C=NN(C)c5nc6c(N)ncnc6n5[C@@H]5O[C@H](CO)[C@@H](O)[C@H]5O)c(O)c4c3C2=O)NC(=O)/C(C)=C\C=C\[C@H](C)[C@H](O)[C@@H](C)[C@@H](O)[C@@H](C)[C@H](OC(C)=O)[C@@H]1C. The normalized spacial score (nSPS) is 31.8. The molecule has 73 heavy (non-hydrogen) atoms.